The molecule has 0 radical (unpaired) electrons. The van der Waals surface area contributed by atoms with E-state index in [0.717, 1.165) is 19.4 Å². The summed E-state index contributed by atoms with van der Waals surface area (Å²) < 4.78 is 5.00. The van der Waals surface area contributed by atoms with Crippen LogP contribution >= 0.6 is 11.8 Å². The van der Waals surface area contributed by atoms with Gasteiger partial charge in [0.25, 0.3) is 0 Å². The van der Waals surface area contributed by atoms with E-state index in [9.17, 15) is 4.79 Å². The number of thioether (sulfide) groups is 1. The molecule has 0 amide bonds. The molecule has 1 aliphatic rings. The highest BCUT2D eigenvalue weighted by Gasteiger charge is 2.33. The van der Waals surface area contributed by atoms with Crippen molar-refractivity contribution in [1.82, 2.24) is 4.90 Å². The SMILES string of the molecule is CCOC(=O)C1CCCN1C(=NC#N)SC. The van der Waals surface area contributed by atoms with Gasteiger partial charge in [-0.1, -0.05) is 11.8 Å². The largest absolute Gasteiger partial charge is 0.464 e. The lowest BCUT2D eigenvalue weighted by Crippen LogP contribution is -2.40. The Bertz CT molecular complexity index is 325. The maximum absolute atomic E-state index is 11.7. The minimum atomic E-state index is -0.278. The van der Waals surface area contributed by atoms with Gasteiger partial charge < -0.3 is 9.64 Å². The lowest BCUT2D eigenvalue weighted by atomic mass is 10.2. The van der Waals surface area contributed by atoms with Crippen LogP contribution in [0.2, 0.25) is 0 Å². The second-order valence-electron chi connectivity index (χ2n) is 3.30. The van der Waals surface area contributed by atoms with Crippen LogP contribution in [0.25, 0.3) is 0 Å². The molecule has 0 aromatic carbocycles. The molecule has 0 aromatic heterocycles. The van der Waals surface area contributed by atoms with E-state index in [0.29, 0.717) is 11.8 Å². The average Bonchev–Trinajstić information content (AvgIpc) is 2.75. The van der Waals surface area contributed by atoms with E-state index in [1.807, 2.05) is 11.2 Å². The minimum Gasteiger partial charge on any atom is -0.464 e. The third-order valence-corrected chi connectivity index (χ3v) is 3.08. The van der Waals surface area contributed by atoms with Gasteiger partial charge in [-0.25, -0.2) is 4.79 Å². The number of hydrogen-bond donors (Lipinski definition) is 0. The zero-order chi connectivity index (χ0) is 12.0. The zero-order valence-corrected chi connectivity index (χ0v) is 10.3. The zero-order valence-electron chi connectivity index (χ0n) is 9.47. The quantitative estimate of drug-likeness (QED) is 0.315. The molecule has 1 atom stereocenters. The number of amidine groups is 1. The fourth-order valence-corrected chi connectivity index (χ4v) is 2.33. The molecule has 1 heterocycles. The molecule has 0 spiro atoms. The minimum absolute atomic E-state index is 0.223. The molecule has 0 bridgehead atoms. The summed E-state index contributed by atoms with van der Waals surface area (Å²) in [5, 5.41) is 9.16. The second-order valence-corrected chi connectivity index (χ2v) is 4.08. The van der Waals surface area contributed by atoms with Crippen LogP contribution in [-0.4, -0.2) is 41.5 Å². The van der Waals surface area contributed by atoms with Gasteiger partial charge in [-0.15, -0.1) is 4.99 Å². The molecule has 6 heteroatoms. The van der Waals surface area contributed by atoms with Gasteiger partial charge in [0.15, 0.2) is 5.17 Å². The van der Waals surface area contributed by atoms with Gasteiger partial charge in [0.2, 0.25) is 6.19 Å². The Balaban J connectivity index is 2.76. The van der Waals surface area contributed by atoms with Crippen molar-refractivity contribution in [2.75, 3.05) is 19.4 Å². The molecule has 5 nitrogen and oxygen atoms in total. The molecule has 0 saturated carbocycles. The second kappa shape index (κ2) is 6.38. The summed E-state index contributed by atoms with van der Waals surface area (Å²) in [6.07, 6.45) is 5.30. The number of carbonyl (C=O) groups excluding carboxylic acids is 1. The highest BCUT2D eigenvalue weighted by molar-refractivity contribution is 8.13. The van der Waals surface area contributed by atoms with Gasteiger partial charge in [0.05, 0.1) is 6.61 Å². The summed E-state index contributed by atoms with van der Waals surface area (Å²) in [6, 6.07) is -0.278. The Morgan fingerprint density at radius 1 is 1.75 bits per heavy atom. The topological polar surface area (TPSA) is 65.7 Å². The van der Waals surface area contributed by atoms with Gasteiger partial charge in [-0.2, -0.15) is 5.26 Å². The molecule has 88 valence electrons. The smallest absolute Gasteiger partial charge is 0.328 e. The lowest BCUT2D eigenvalue weighted by Gasteiger charge is -2.24. The van der Waals surface area contributed by atoms with Crippen molar-refractivity contribution in [2.24, 2.45) is 4.99 Å². The van der Waals surface area contributed by atoms with Crippen molar-refractivity contribution in [1.29, 1.82) is 5.26 Å². The van der Waals surface area contributed by atoms with E-state index in [1.54, 1.807) is 13.1 Å². The molecule has 1 rings (SSSR count). The van der Waals surface area contributed by atoms with E-state index in [2.05, 4.69) is 4.99 Å². The summed E-state index contributed by atoms with van der Waals surface area (Å²) >= 11 is 1.38. The Hall–Kier alpha value is -1.22. The molecule has 16 heavy (non-hydrogen) atoms. The number of nitriles is 1. The monoisotopic (exact) mass is 241 g/mol. The molecule has 0 aliphatic carbocycles. The van der Waals surface area contributed by atoms with E-state index in [-0.39, 0.29) is 12.0 Å². The standard InChI is InChI=1S/C10H15N3O2S/c1-3-15-9(14)8-5-4-6-13(8)10(16-2)12-7-11/h8H,3-6H2,1-2H3. The highest BCUT2D eigenvalue weighted by Crippen LogP contribution is 2.22. The average molecular weight is 241 g/mol. The van der Waals surface area contributed by atoms with Crippen LogP contribution in [0.15, 0.2) is 4.99 Å². The summed E-state index contributed by atoms with van der Waals surface area (Å²) in [6.45, 7) is 2.92. The first kappa shape index (κ1) is 12.8. The summed E-state index contributed by atoms with van der Waals surface area (Å²) in [5.41, 5.74) is 0. The molecule has 1 unspecified atom stereocenters. The normalized spacial score (nSPS) is 20.7. The van der Waals surface area contributed by atoms with Gasteiger partial charge >= 0.3 is 5.97 Å². The number of rotatable bonds is 2. The maximum Gasteiger partial charge on any atom is 0.328 e. The van der Waals surface area contributed by atoms with Crippen molar-refractivity contribution >= 4 is 22.9 Å². The van der Waals surface area contributed by atoms with Crippen LogP contribution in [0.5, 0.6) is 0 Å². The van der Waals surface area contributed by atoms with Crippen LogP contribution in [0, 0.1) is 11.5 Å². The first-order valence-corrected chi connectivity index (χ1v) is 6.41. The maximum atomic E-state index is 11.7. The number of aliphatic imine (C=N–C) groups is 1. The van der Waals surface area contributed by atoms with Crippen LogP contribution in [0.3, 0.4) is 0 Å². The number of ether oxygens (including phenoxy) is 1. The molecular formula is C10H15N3O2S. The van der Waals surface area contributed by atoms with E-state index < -0.39 is 0 Å². The van der Waals surface area contributed by atoms with Gasteiger partial charge in [-0.3, -0.25) is 0 Å². The molecule has 1 fully saturated rings. The number of likely N-dealkylation sites (tertiary alicyclic amines) is 1. The number of esters is 1. The van der Waals surface area contributed by atoms with Crippen molar-refractivity contribution in [3.05, 3.63) is 0 Å². The number of carbonyl (C=O) groups is 1. The van der Waals surface area contributed by atoms with E-state index >= 15 is 0 Å². The predicted molar refractivity (Wildman–Crippen MR) is 62.9 cm³/mol. The highest BCUT2D eigenvalue weighted by atomic mass is 32.2. The molecule has 0 aromatic rings. The fourth-order valence-electron chi connectivity index (χ4n) is 1.75. The predicted octanol–water partition coefficient (Wildman–Crippen LogP) is 1.21. The van der Waals surface area contributed by atoms with E-state index in [4.69, 9.17) is 10.00 Å². The van der Waals surface area contributed by atoms with Gasteiger partial charge in [0, 0.05) is 6.54 Å². The van der Waals surface area contributed by atoms with Crippen LogP contribution < -0.4 is 0 Å². The van der Waals surface area contributed by atoms with Crippen LogP contribution in [0.1, 0.15) is 19.8 Å². The molecule has 1 aliphatic heterocycles. The summed E-state index contributed by atoms with van der Waals surface area (Å²) in [7, 11) is 0. The third-order valence-electron chi connectivity index (χ3n) is 2.39. The first-order valence-electron chi connectivity index (χ1n) is 5.18. The van der Waals surface area contributed by atoms with Gasteiger partial charge in [-0.05, 0) is 26.0 Å². The number of hydrogen-bond acceptors (Lipinski definition) is 5. The Morgan fingerprint density at radius 3 is 3.06 bits per heavy atom. The Kier molecular flexibility index (Phi) is 5.12. The van der Waals surface area contributed by atoms with Crippen molar-refractivity contribution in [3.8, 4) is 6.19 Å². The van der Waals surface area contributed by atoms with Crippen LogP contribution in [-0.2, 0) is 9.53 Å². The van der Waals surface area contributed by atoms with Crippen molar-refractivity contribution < 1.29 is 9.53 Å². The van der Waals surface area contributed by atoms with Gasteiger partial charge in [0.1, 0.15) is 6.04 Å². The third kappa shape index (κ3) is 2.89. The molecule has 0 N–H and O–H groups in total. The summed E-state index contributed by atoms with van der Waals surface area (Å²) in [4.78, 5) is 17.2. The Labute approximate surface area is 99.5 Å². The summed E-state index contributed by atoms with van der Waals surface area (Å²) in [5.74, 6) is -0.223. The van der Waals surface area contributed by atoms with Crippen LogP contribution in [0.4, 0.5) is 0 Å². The number of nitrogens with zero attached hydrogens (tertiary/aromatic N) is 3. The van der Waals surface area contributed by atoms with Crippen molar-refractivity contribution in [3.63, 3.8) is 0 Å². The fraction of sp³-hybridized carbons (Fsp3) is 0.700. The molecule has 1 saturated heterocycles. The Morgan fingerprint density at radius 2 is 2.50 bits per heavy atom. The van der Waals surface area contributed by atoms with E-state index in [1.165, 1.54) is 11.8 Å². The lowest BCUT2D eigenvalue weighted by molar-refractivity contribution is -0.147. The first-order chi connectivity index (χ1) is 7.74. The molecular weight excluding hydrogens is 226 g/mol. The van der Waals surface area contributed by atoms with Crippen molar-refractivity contribution in [2.45, 2.75) is 25.8 Å².